The second-order valence-electron chi connectivity index (χ2n) is 5.18. The maximum Gasteiger partial charge on any atom is 0.259 e. The molecule has 0 spiro atoms. The van der Waals surface area contributed by atoms with Crippen molar-refractivity contribution in [1.82, 2.24) is 0 Å². The van der Waals surface area contributed by atoms with Crippen LogP contribution in [0.3, 0.4) is 0 Å². The summed E-state index contributed by atoms with van der Waals surface area (Å²) in [5.41, 5.74) is 3.78. The van der Waals surface area contributed by atoms with Crippen molar-refractivity contribution in [3.05, 3.63) is 53.1 Å². The number of amides is 1. The number of para-hydroxylation sites is 1. The molecular formula is C19H23NO2S. The lowest BCUT2D eigenvalue weighted by Gasteiger charge is -2.16. The summed E-state index contributed by atoms with van der Waals surface area (Å²) in [7, 11) is 1.59. The van der Waals surface area contributed by atoms with Crippen molar-refractivity contribution in [1.29, 1.82) is 0 Å². The van der Waals surface area contributed by atoms with Gasteiger partial charge in [0.2, 0.25) is 0 Å². The van der Waals surface area contributed by atoms with E-state index in [1.54, 1.807) is 18.9 Å². The van der Waals surface area contributed by atoms with E-state index in [0.29, 0.717) is 11.3 Å². The summed E-state index contributed by atoms with van der Waals surface area (Å²) in [6.45, 7) is 4.19. The number of carbonyl (C=O) groups is 1. The van der Waals surface area contributed by atoms with Gasteiger partial charge in [-0.1, -0.05) is 32.0 Å². The molecular weight excluding hydrogens is 306 g/mol. The molecule has 1 amide bonds. The van der Waals surface area contributed by atoms with Gasteiger partial charge >= 0.3 is 0 Å². The largest absolute Gasteiger partial charge is 0.496 e. The molecule has 0 saturated heterocycles. The summed E-state index contributed by atoms with van der Waals surface area (Å²) in [4.78, 5) is 13.8. The Morgan fingerprint density at radius 2 is 1.78 bits per heavy atom. The number of aryl methyl sites for hydroxylation is 2. The summed E-state index contributed by atoms with van der Waals surface area (Å²) in [6, 6.07) is 11.8. The SMILES string of the molecule is CCc1cccc(CC)c1NC(=O)c1ccc(SC)cc1OC. The molecule has 1 N–H and O–H groups in total. The highest BCUT2D eigenvalue weighted by Gasteiger charge is 2.16. The summed E-state index contributed by atoms with van der Waals surface area (Å²) in [6.07, 6.45) is 3.76. The van der Waals surface area contributed by atoms with Gasteiger partial charge in [0.15, 0.2) is 0 Å². The minimum atomic E-state index is -0.134. The third kappa shape index (κ3) is 3.88. The van der Waals surface area contributed by atoms with Gasteiger partial charge in [-0.15, -0.1) is 11.8 Å². The average Bonchev–Trinajstić information content (AvgIpc) is 2.61. The lowest BCUT2D eigenvalue weighted by molar-refractivity contribution is 0.102. The molecule has 2 rings (SSSR count). The predicted octanol–water partition coefficient (Wildman–Crippen LogP) is 4.79. The first-order chi connectivity index (χ1) is 11.1. The van der Waals surface area contributed by atoms with Crippen molar-refractivity contribution >= 4 is 23.4 Å². The van der Waals surface area contributed by atoms with Gasteiger partial charge in [-0.2, -0.15) is 0 Å². The normalized spacial score (nSPS) is 10.4. The van der Waals surface area contributed by atoms with Gasteiger partial charge in [0, 0.05) is 10.6 Å². The Bertz CT molecular complexity index is 676. The van der Waals surface area contributed by atoms with E-state index in [1.165, 1.54) is 0 Å². The van der Waals surface area contributed by atoms with Crippen LogP contribution >= 0.6 is 11.8 Å². The van der Waals surface area contributed by atoms with Crippen LogP contribution in [0.1, 0.15) is 35.3 Å². The van der Waals surface area contributed by atoms with Crippen LogP contribution in [0.5, 0.6) is 5.75 Å². The van der Waals surface area contributed by atoms with Gasteiger partial charge in [0.25, 0.3) is 5.91 Å². The van der Waals surface area contributed by atoms with Crippen molar-refractivity contribution in [2.24, 2.45) is 0 Å². The molecule has 2 aromatic carbocycles. The Balaban J connectivity index is 2.36. The molecule has 0 aliphatic rings. The molecule has 2 aromatic rings. The minimum absolute atomic E-state index is 0.134. The Kier molecular flexibility index (Phi) is 6.11. The van der Waals surface area contributed by atoms with Crippen LogP contribution in [0.15, 0.2) is 41.3 Å². The highest BCUT2D eigenvalue weighted by molar-refractivity contribution is 7.98. The second-order valence-corrected chi connectivity index (χ2v) is 6.06. The Morgan fingerprint density at radius 1 is 1.13 bits per heavy atom. The summed E-state index contributed by atoms with van der Waals surface area (Å²) in [5.74, 6) is 0.464. The number of nitrogens with one attached hydrogen (secondary N) is 1. The molecule has 4 heteroatoms. The van der Waals surface area contributed by atoms with Gasteiger partial charge in [-0.25, -0.2) is 0 Å². The van der Waals surface area contributed by atoms with Crippen molar-refractivity contribution in [2.75, 3.05) is 18.7 Å². The van der Waals surface area contributed by atoms with Crippen LogP contribution < -0.4 is 10.1 Å². The monoisotopic (exact) mass is 329 g/mol. The zero-order chi connectivity index (χ0) is 16.8. The highest BCUT2D eigenvalue weighted by Crippen LogP contribution is 2.28. The lowest BCUT2D eigenvalue weighted by Crippen LogP contribution is -2.16. The number of anilines is 1. The van der Waals surface area contributed by atoms with E-state index in [1.807, 2.05) is 30.5 Å². The number of hydrogen-bond donors (Lipinski definition) is 1. The van der Waals surface area contributed by atoms with Crippen LogP contribution in [0.25, 0.3) is 0 Å². The minimum Gasteiger partial charge on any atom is -0.496 e. The smallest absolute Gasteiger partial charge is 0.259 e. The van der Waals surface area contributed by atoms with E-state index < -0.39 is 0 Å². The molecule has 0 radical (unpaired) electrons. The molecule has 0 fully saturated rings. The predicted molar refractivity (Wildman–Crippen MR) is 97.9 cm³/mol. The molecule has 0 heterocycles. The molecule has 3 nitrogen and oxygen atoms in total. The Morgan fingerprint density at radius 3 is 2.30 bits per heavy atom. The van der Waals surface area contributed by atoms with Gasteiger partial charge in [-0.05, 0) is 48.4 Å². The quantitative estimate of drug-likeness (QED) is 0.774. The van der Waals surface area contributed by atoms with Gasteiger partial charge in [-0.3, -0.25) is 4.79 Å². The Labute approximate surface area is 142 Å². The summed E-state index contributed by atoms with van der Waals surface area (Å²) < 4.78 is 5.39. The highest BCUT2D eigenvalue weighted by atomic mass is 32.2. The standard InChI is InChI=1S/C19H23NO2S/c1-5-13-8-7-9-14(6-2)18(13)20-19(21)16-11-10-15(23-4)12-17(16)22-3/h7-12H,5-6H2,1-4H3,(H,20,21). The third-order valence-corrected chi connectivity index (χ3v) is 4.62. The molecule has 122 valence electrons. The number of benzene rings is 2. The van der Waals surface area contributed by atoms with Crippen molar-refractivity contribution in [3.63, 3.8) is 0 Å². The summed E-state index contributed by atoms with van der Waals surface area (Å²) >= 11 is 1.62. The van der Waals surface area contributed by atoms with Crippen molar-refractivity contribution < 1.29 is 9.53 Å². The van der Waals surface area contributed by atoms with Gasteiger partial charge in [0.1, 0.15) is 5.75 Å². The molecule has 0 saturated carbocycles. The second kappa shape index (κ2) is 8.06. The van der Waals surface area contributed by atoms with E-state index in [2.05, 4.69) is 31.3 Å². The van der Waals surface area contributed by atoms with Crippen LogP contribution in [0.4, 0.5) is 5.69 Å². The summed E-state index contributed by atoms with van der Waals surface area (Å²) in [5, 5.41) is 3.08. The fourth-order valence-corrected chi connectivity index (χ4v) is 3.00. The van der Waals surface area contributed by atoms with E-state index >= 15 is 0 Å². The van der Waals surface area contributed by atoms with Gasteiger partial charge in [0.05, 0.1) is 12.7 Å². The molecule has 0 aromatic heterocycles. The van der Waals surface area contributed by atoms with Crippen LogP contribution in [0, 0.1) is 0 Å². The number of rotatable bonds is 6. The molecule has 0 aliphatic carbocycles. The lowest BCUT2D eigenvalue weighted by atomic mass is 10.0. The van der Waals surface area contributed by atoms with Crippen LogP contribution in [-0.4, -0.2) is 19.3 Å². The zero-order valence-electron chi connectivity index (χ0n) is 14.1. The number of thioether (sulfide) groups is 1. The molecule has 0 aliphatic heterocycles. The number of carbonyl (C=O) groups excluding carboxylic acids is 1. The number of ether oxygens (including phenoxy) is 1. The molecule has 0 unspecified atom stereocenters. The fourth-order valence-electron chi connectivity index (χ4n) is 2.57. The van der Waals surface area contributed by atoms with Gasteiger partial charge < -0.3 is 10.1 Å². The first kappa shape index (κ1) is 17.4. The van der Waals surface area contributed by atoms with Crippen LogP contribution in [0.2, 0.25) is 0 Å². The molecule has 0 atom stereocenters. The Hall–Kier alpha value is -1.94. The van der Waals surface area contributed by atoms with E-state index in [9.17, 15) is 4.79 Å². The topological polar surface area (TPSA) is 38.3 Å². The van der Waals surface area contributed by atoms with Crippen molar-refractivity contribution in [3.8, 4) is 5.75 Å². The first-order valence-corrected chi connectivity index (χ1v) is 9.01. The maximum atomic E-state index is 12.7. The van der Waals surface area contributed by atoms with E-state index in [4.69, 9.17) is 4.74 Å². The van der Waals surface area contributed by atoms with E-state index in [0.717, 1.165) is 34.6 Å². The first-order valence-electron chi connectivity index (χ1n) is 7.78. The van der Waals surface area contributed by atoms with E-state index in [-0.39, 0.29) is 5.91 Å². The van der Waals surface area contributed by atoms with Crippen molar-refractivity contribution in [2.45, 2.75) is 31.6 Å². The maximum absolute atomic E-state index is 12.7. The number of hydrogen-bond acceptors (Lipinski definition) is 3. The average molecular weight is 329 g/mol. The molecule has 23 heavy (non-hydrogen) atoms. The fraction of sp³-hybridized carbons (Fsp3) is 0.316. The molecule has 0 bridgehead atoms. The third-order valence-electron chi connectivity index (χ3n) is 3.89. The van der Waals surface area contributed by atoms with Crippen LogP contribution in [-0.2, 0) is 12.8 Å². The number of methoxy groups -OCH3 is 1. The zero-order valence-corrected chi connectivity index (χ0v) is 14.9.